The van der Waals surface area contributed by atoms with Crippen molar-refractivity contribution in [2.24, 2.45) is 5.92 Å². The largest absolute Gasteiger partial charge is 0.416 e. The molecular formula is C21H19F3N4O3S2. The first-order valence-electron chi connectivity index (χ1n) is 9.66. The van der Waals surface area contributed by atoms with Crippen molar-refractivity contribution in [3.05, 3.63) is 53.6 Å². The lowest BCUT2D eigenvalue weighted by Crippen LogP contribution is -2.49. The van der Waals surface area contributed by atoms with Crippen LogP contribution in [0.4, 0.5) is 13.2 Å². The zero-order chi connectivity index (χ0) is 24.2. The summed E-state index contributed by atoms with van der Waals surface area (Å²) >= 11 is 0.879. The van der Waals surface area contributed by atoms with Gasteiger partial charge in [-0.15, -0.1) is 0 Å². The van der Waals surface area contributed by atoms with Crippen molar-refractivity contribution in [1.82, 2.24) is 18.8 Å². The molecule has 0 aliphatic carbocycles. The lowest BCUT2D eigenvalue weighted by molar-refractivity contribution is -0.137. The van der Waals surface area contributed by atoms with Gasteiger partial charge in [0.15, 0.2) is 0 Å². The number of carbonyl (C=O) groups excluding carboxylic acids is 1. The molecule has 2 N–H and O–H groups in total. The SMILES string of the molecule is CC(C)[C@@H](NS(=O)(=O)c1cccc2nsnc12)C(=O)NCC#Cc1cccc(C(F)(F)F)c1. The minimum Gasteiger partial charge on any atom is -0.344 e. The van der Waals surface area contributed by atoms with Crippen molar-refractivity contribution >= 4 is 38.7 Å². The first kappa shape index (κ1) is 24.6. The molecule has 33 heavy (non-hydrogen) atoms. The number of nitrogens with zero attached hydrogens (tertiary/aromatic N) is 2. The van der Waals surface area contributed by atoms with Crippen LogP contribution in [-0.2, 0) is 21.0 Å². The quantitative estimate of drug-likeness (QED) is 0.511. The number of benzene rings is 2. The predicted molar refractivity (Wildman–Crippen MR) is 118 cm³/mol. The van der Waals surface area contributed by atoms with Crippen LogP contribution < -0.4 is 10.0 Å². The number of nitrogens with one attached hydrogen (secondary N) is 2. The smallest absolute Gasteiger partial charge is 0.344 e. The number of amides is 1. The van der Waals surface area contributed by atoms with Crippen molar-refractivity contribution in [2.45, 2.75) is 31.0 Å². The molecule has 0 radical (unpaired) electrons. The Bertz CT molecular complexity index is 1330. The maximum absolute atomic E-state index is 12.9. The Balaban J connectivity index is 1.69. The minimum absolute atomic E-state index is 0.0865. The van der Waals surface area contributed by atoms with Gasteiger partial charge in [-0.2, -0.15) is 26.6 Å². The highest BCUT2D eigenvalue weighted by Gasteiger charge is 2.31. The molecule has 7 nitrogen and oxygen atoms in total. The van der Waals surface area contributed by atoms with Gasteiger partial charge in [0, 0.05) is 5.56 Å². The molecule has 0 unspecified atom stereocenters. The third-order valence-corrected chi connectivity index (χ3v) is 6.56. The molecule has 0 saturated heterocycles. The van der Waals surface area contributed by atoms with Crippen molar-refractivity contribution < 1.29 is 26.4 Å². The van der Waals surface area contributed by atoms with Gasteiger partial charge in [-0.25, -0.2) is 8.42 Å². The van der Waals surface area contributed by atoms with Gasteiger partial charge in [-0.1, -0.05) is 37.8 Å². The van der Waals surface area contributed by atoms with Gasteiger partial charge < -0.3 is 5.32 Å². The molecule has 1 heterocycles. The molecule has 174 valence electrons. The van der Waals surface area contributed by atoms with Crippen LogP contribution in [0.1, 0.15) is 25.0 Å². The van der Waals surface area contributed by atoms with Crippen LogP contribution in [0, 0.1) is 17.8 Å². The van der Waals surface area contributed by atoms with Crippen LogP contribution in [0.3, 0.4) is 0 Å². The topological polar surface area (TPSA) is 101 Å². The number of rotatable bonds is 6. The number of hydrogen-bond acceptors (Lipinski definition) is 6. The molecule has 0 fully saturated rings. The number of alkyl halides is 3. The third kappa shape index (κ3) is 6.07. The first-order chi connectivity index (χ1) is 15.5. The van der Waals surface area contributed by atoms with Crippen molar-refractivity contribution in [3.8, 4) is 11.8 Å². The van der Waals surface area contributed by atoms with E-state index in [9.17, 15) is 26.4 Å². The van der Waals surface area contributed by atoms with E-state index in [2.05, 4.69) is 30.6 Å². The van der Waals surface area contributed by atoms with Gasteiger partial charge in [0.2, 0.25) is 15.9 Å². The number of aromatic nitrogens is 2. The Morgan fingerprint density at radius 3 is 2.58 bits per heavy atom. The second-order valence-electron chi connectivity index (χ2n) is 7.33. The molecule has 0 bridgehead atoms. The average molecular weight is 497 g/mol. The molecule has 2 aromatic carbocycles. The summed E-state index contributed by atoms with van der Waals surface area (Å²) in [5, 5.41) is 2.50. The number of halogens is 3. The first-order valence-corrected chi connectivity index (χ1v) is 11.9. The van der Waals surface area contributed by atoms with Gasteiger partial charge in [-0.3, -0.25) is 4.79 Å². The van der Waals surface area contributed by atoms with Gasteiger partial charge in [0.05, 0.1) is 23.8 Å². The highest BCUT2D eigenvalue weighted by atomic mass is 32.2. The van der Waals surface area contributed by atoms with Gasteiger partial charge >= 0.3 is 6.18 Å². The Morgan fingerprint density at radius 1 is 1.15 bits per heavy atom. The van der Waals surface area contributed by atoms with E-state index in [1.54, 1.807) is 19.9 Å². The van der Waals surface area contributed by atoms with Crippen LogP contribution in [0.25, 0.3) is 11.0 Å². The lowest BCUT2D eigenvalue weighted by Gasteiger charge is -2.21. The van der Waals surface area contributed by atoms with Gasteiger partial charge in [0.1, 0.15) is 22.0 Å². The van der Waals surface area contributed by atoms with E-state index in [1.807, 2.05) is 0 Å². The molecule has 1 amide bonds. The Hall–Kier alpha value is -3.01. The fraction of sp³-hybridized carbons (Fsp3) is 0.286. The summed E-state index contributed by atoms with van der Waals surface area (Å²) in [7, 11) is -4.09. The van der Waals surface area contributed by atoms with E-state index >= 15 is 0 Å². The van der Waals surface area contributed by atoms with Crippen LogP contribution in [0.5, 0.6) is 0 Å². The highest BCUT2D eigenvalue weighted by molar-refractivity contribution is 7.89. The molecular weight excluding hydrogens is 477 g/mol. The molecule has 3 rings (SSSR count). The Labute approximate surface area is 192 Å². The monoisotopic (exact) mass is 496 g/mol. The molecule has 0 aliphatic heterocycles. The average Bonchev–Trinajstić information content (AvgIpc) is 3.23. The maximum Gasteiger partial charge on any atom is 0.416 e. The molecule has 12 heteroatoms. The maximum atomic E-state index is 12.9. The fourth-order valence-corrected chi connectivity index (χ4v) is 4.99. The molecule has 1 aromatic heterocycles. The summed E-state index contributed by atoms with van der Waals surface area (Å²) in [5.74, 6) is 4.12. The number of sulfonamides is 1. The van der Waals surface area contributed by atoms with E-state index in [0.717, 1.165) is 23.9 Å². The van der Waals surface area contributed by atoms with E-state index in [1.165, 1.54) is 24.3 Å². The summed E-state index contributed by atoms with van der Waals surface area (Å²) < 4.78 is 74.6. The second-order valence-corrected chi connectivity index (χ2v) is 9.54. The molecule has 3 aromatic rings. The summed E-state index contributed by atoms with van der Waals surface area (Å²) in [6.45, 7) is 3.17. The number of fused-ring (bicyclic) bond motifs is 1. The molecule has 0 spiro atoms. The van der Waals surface area contributed by atoms with E-state index < -0.39 is 39.6 Å². The highest BCUT2D eigenvalue weighted by Crippen LogP contribution is 2.29. The number of hydrogen-bond donors (Lipinski definition) is 2. The normalized spacial score (nSPS) is 12.9. The van der Waals surface area contributed by atoms with Crippen molar-refractivity contribution in [1.29, 1.82) is 0 Å². The zero-order valence-corrected chi connectivity index (χ0v) is 19.1. The third-order valence-electron chi connectivity index (χ3n) is 4.54. The van der Waals surface area contributed by atoms with Crippen LogP contribution in [0.15, 0.2) is 47.4 Å². The van der Waals surface area contributed by atoms with Crippen LogP contribution in [0.2, 0.25) is 0 Å². The second kappa shape index (κ2) is 9.86. The summed E-state index contributed by atoms with van der Waals surface area (Å²) in [4.78, 5) is 12.5. The summed E-state index contributed by atoms with van der Waals surface area (Å²) in [6.07, 6.45) is -4.48. The molecule has 0 aliphatic rings. The fourth-order valence-electron chi connectivity index (χ4n) is 2.88. The summed E-state index contributed by atoms with van der Waals surface area (Å²) in [6, 6.07) is 7.95. The van der Waals surface area contributed by atoms with E-state index in [4.69, 9.17) is 0 Å². The van der Waals surface area contributed by atoms with E-state index in [0.29, 0.717) is 5.52 Å². The lowest BCUT2D eigenvalue weighted by atomic mass is 10.1. The Kier molecular flexibility index (Phi) is 7.36. The standard InChI is InChI=1S/C21H19F3N4O3S2/c1-13(2)18(28-33(30,31)17-10-4-9-16-19(17)27-32-26-16)20(29)25-11-5-7-14-6-3-8-15(12-14)21(22,23)24/h3-4,6,8-10,12-13,18,28H,11H2,1-2H3,(H,25,29)/t18-/m1/s1. The van der Waals surface area contributed by atoms with Crippen molar-refractivity contribution in [3.63, 3.8) is 0 Å². The zero-order valence-electron chi connectivity index (χ0n) is 17.5. The van der Waals surface area contributed by atoms with Gasteiger partial charge in [0.25, 0.3) is 0 Å². The van der Waals surface area contributed by atoms with Crippen LogP contribution in [-0.4, -0.2) is 35.7 Å². The predicted octanol–water partition coefficient (Wildman–Crippen LogP) is 3.18. The van der Waals surface area contributed by atoms with Gasteiger partial charge in [-0.05, 0) is 36.2 Å². The summed E-state index contributed by atoms with van der Waals surface area (Å²) in [5.41, 5.74) is -0.0359. The van der Waals surface area contributed by atoms with Crippen molar-refractivity contribution in [2.75, 3.05) is 6.54 Å². The molecule has 0 saturated carbocycles. The minimum atomic E-state index is -4.48. The Morgan fingerprint density at radius 2 is 1.88 bits per heavy atom. The van der Waals surface area contributed by atoms with E-state index in [-0.39, 0.29) is 22.5 Å². The van der Waals surface area contributed by atoms with Crippen LogP contribution >= 0.6 is 11.7 Å². The number of carbonyl (C=O) groups is 1. The molecule has 1 atom stereocenters.